The van der Waals surface area contributed by atoms with E-state index in [4.69, 9.17) is 8.83 Å². The Morgan fingerprint density at radius 2 is 0.750 bits per heavy atom. The van der Waals surface area contributed by atoms with E-state index in [0.29, 0.717) is 0 Å². The number of rotatable bonds is 0. The largest absolute Gasteiger partial charge is 0.438 e. The molecule has 10 heterocycles. The van der Waals surface area contributed by atoms with Crippen LogP contribution in [-0.2, 0) is 27.1 Å². The van der Waals surface area contributed by atoms with Gasteiger partial charge in [0.2, 0.25) is 11.4 Å². The molecule has 472 valence electrons. The lowest BCUT2D eigenvalue weighted by atomic mass is 9.83. The van der Waals surface area contributed by atoms with Gasteiger partial charge in [-0.2, -0.15) is 0 Å². The third kappa shape index (κ3) is 13.1. The summed E-state index contributed by atoms with van der Waals surface area (Å²) in [4.78, 5) is 25.8. The number of benzene rings is 5. The second-order valence-corrected chi connectivity index (χ2v) is 33.2. The summed E-state index contributed by atoms with van der Waals surface area (Å²) in [5, 5.41) is 12.4. The first-order valence-electron chi connectivity index (χ1n) is 32.1. The molecule has 0 spiro atoms. The zero-order valence-electron chi connectivity index (χ0n) is 58.1. The summed E-state index contributed by atoms with van der Waals surface area (Å²) >= 11 is 5.38. The van der Waals surface area contributed by atoms with Crippen molar-refractivity contribution in [2.24, 2.45) is 0 Å². The molecule has 0 saturated heterocycles. The standard InChI is InChI=1S/2C17H19NO.3C16H17NS/c1-10-6-8-12-13-9-7-11(2)18-16(13)19-15(12)14(10)17(3,4)5;1-10-8-13-12-7-6-11(2)18-16(12)19-15(13)9-14(10)17(3,4)5;1-10-13(16(2,3)4)8-7-11-12-6-5-9-17-15(12)18-14(10)11;1-10-8-14-12(9-13(10)16(2,3)4)11-6-5-7-17-15(11)18-14;1-10-8-12-11-6-5-7-17-15(11)18-14(12)9-13(10)16(2,3)4/h2*6-9H,1-5H3;3*5-9H,1-4H3. The second kappa shape index (κ2) is 24.5. The van der Waals surface area contributed by atoms with E-state index in [0.717, 1.165) is 70.0 Å². The van der Waals surface area contributed by atoms with Crippen LogP contribution in [0.3, 0.4) is 0 Å². The van der Waals surface area contributed by atoms with Gasteiger partial charge in [0.05, 0.1) is 0 Å². The zero-order valence-corrected chi connectivity index (χ0v) is 60.5. The number of aryl methyl sites for hydroxylation is 7. The first-order chi connectivity index (χ1) is 43.1. The van der Waals surface area contributed by atoms with Crippen molar-refractivity contribution in [1.82, 2.24) is 24.9 Å². The molecule has 0 saturated carbocycles. The maximum atomic E-state index is 6.06. The van der Waals surface area contributed by atoms with Gasteiger partial charge in [-0.15, -0.1) is 34.0 Å². The summed E-state index contributed by atoms with van der Waals surface area (Å²) in [6, 6.07) is 43.4. The van der Waals surface area contributed by atoms with Crippen molar-refractivity contribution in [3.63, 3.8) is 0 Å². The van der Waals surface area contributed by atoms with Crippen molar-refractivity contribution in [2.45, 2.75) is 179 Å². The Morgan fingerprint density at radius 3 is 1.28 bits per heavy atom. The van der Waals surface area contributed by atoms with E-state index >= 15 is 0 Å². The Labute approximate surface area is 555 Å². The third-order valence-electron chi connectivity index (χ3n) is 17.5. The van der Waals surface area contributed by atoms with Crippen molar-refractivity contribution in [2.75, 3.05) is 0 Å². The van der Waals surface area contributed by atoms with Crippen LogP contribution in [0.25, 0.3) is 105 Å². The Bertz CT molecular complexity index is 5260. The predicted octanol–water partition coefficient (Wildman–Crippen LogP) is 25.0. The van der Waals surface area contributed by atoms with Crippen LogP contribution in [0.4, 0.5) is 0 Å². The van der Waals surface area contributed by atoms with E-state index in [2.05, 4.69) is 254 Å². The smallest absolute Gasteiger partial charge is 0.227 e. The number of furan rings is 2. The molecular weight excluding hydrogens is 1180 g/mol. The van der Waals surface area contributed by atoms with Gasteiger partial charge < -0.3 is 8.83 Å². The molecule has 0 bridgehead atoms. The average Bonchev–Trinajstić information content (AvgIpc) is 1.63. The van der Waals surface area contributed by atoms with Crippen LogP contribution in [0.2, 0.25) is 0 Å². The van der Waals surface area contributed by atoms with Gasteiger partial charge in [-0.05, 0) is 223 Å². The number of hydrogen-bond donors (Lipinski definition) is 0. The zero-order chi connectivity index (χ0) is 66.3. The van der Waals surface area contributed by atoms with Crippen LogP contribution >= 0.6 is 34.0 Å². The van der Waals surface area contributed by atoms with E-state index in [1.807, 2.05) is 74.1 Å². The molecular formula is C82H89N5O2S3. The third-order valence-corrected chi connectivity index (χ3v) is 20.9. The summed E-state index contributed by atoms with van der Waals surface area (Å²) in [7, 11) is 0. The molecule has 15 aromatic rings. The van der Waals surface area contributed by atoms with E-state index in [-0.39, 0.29) is 27.1 Å². The first kappa shape index (κ1) is 65.6. The highest BCUT2D eigenvalue weighted by atomic mass is 32.1. The number of aromatic nitrogens is 5. The molecule has 0 fully saturated rings. The molecule has 0 aliphatic rings. The van der Waals surface area contributed by atoms with E-state index in [1.54, 1.807) is 22.7 Å². The van der Waals surface area contributed by atoms with Gasteiger partial charge in [0, 0.05) is 104 Å². The number of thiophene rings is 3. The molecule has 0 radical (unpaired) electrons. The topological polar surface area (TPSA) is 90.7 Å². The Balaban J connectivity index is 0.000000118. The van der Waals surface area contributed by atoms with Gasteiger partial charge in [0.15, 0.2) is 0 Å². The normalized spacial score (nSPS) is 12.5. The molecule has 7 nitrogen and oxygen atoms in total. The molecule has 0 N–H and O–H groups in total. The molecule has 92 heavy (non-hydrogen) atoms. The van der Waals surface area contributed by atoms with Crippen LogP contribution in [0.1, 0.15) is 171 Å². The van der Waals surface area contributed by atoms with Crippen molar-refractivity contribution in [3.8, 4) is 0 Å². The monoisotopic (exact) mass is 1270 g/mol. The highest BCUT2D eigenvalue weighted by Gasteiger charge is 2.26. The molecule has 10 heteroatoms. The summed E-state index contributed by atoms with van der Waals surface area (Å²) in [5.74, 6) is 0. The fraction of sp³-hybridized carbons (Fsp3) is 0.329. The minimum Gasteiger partial charge on any atom is -0.438 e. The van der Waals surface area contributed by atoms with Crippen molar-refractivity contribution >= 4 is 139 Å². The van der Waals surface area contributed by atoms with E-state index in [9.17, 15) is 0 Å². The first-order valence-corrected chi connectivity index (χ1v) is 34.6. The Morgan fingerprint density at radius 1 is 0.326 bits per heavy atom. The van der Waals surface area contributed by atoms with Crippen LogP contribution in [0, 0.1) is 48.5 Å². The molecule has 10 aromatic heterocycles. The summed E-state index contributed by atoms with van der Waals surface area (Å²) in [6.45, 7) is 48.7. The maximum Gasteiger partial charge on any atom is 0.227 e. The predicted molar refractivity (Wildman–Crippen MR) is 401 cm³/mol. The van der Waals surface area contributed by atoms with E-state index < -0.39 is 0 Å². The fourth-order valence-electron chi connectivity index (χ4n) is 13.3. The van der Waals surface area contributed by atoms with Crippen LogP contribution in [0.15, 0.2) is 149 Å². The van der Waals surface area contributed by atoms with Gasteiger partial charge in [0.25, 0.3) is 0 Å². The molecule has 0 amide bonds. The van der Waals surface area contributed by atoms with Gasteiger partial charge in [-0.25, -0.2) is 24.9 Å². The summed E-state index contributed by atoms with van der Waals surface area (Å²) in [5.41, 5.74) is 19.8. The van der Waals surface area contributed by atoms with Gasteiger partial charge in [-0.1, -0.05) is 128 Å². The average molecular weight is 1270 g/mol. The Kier molecular flexibility index (Phi) is 17.5. The quantitative estimate of drug-likeness (QED) is 0.149. The molecule has 0 aliphatic carbocycles. The van der Waals surface area contributed by atoms with Crippen molar-refractivity contribution in [3.05, 3.63) is 207 Å². The summed E-state index contributed by atoms with van der Waals surface area (Å²) < 4.78 is 16.0. The fourth-order valence-corrected chi connectivity index (χ4v) is 16.6. The number of nitrogens with zero attached hydrogens (tertiary/aromatic N) is 5. The minimum atomic E-state index is 0.0620. The molecule has 5 aromatic carbocycles. The minimum absolute atomic E-state index is 0.0620. The number of fused-ring (bicyclic) bond motifs is 15. The van der Waals surface area contributed by atoms with Gasteiger partial charge in [-0.3, -0.25) is 0 Å². The lowest BCUT2D eigenvalue weighted by molar-refractivity contribution is 0.566. The molecule has 0 aliphatic heterocycles. The van der Waals surface area contributed by atoms with Crippen LogP contribution < -0.4 is 0 Å². The van der Waals surface area contributed by atoms with Gasteiger partial charge in [0.1, 0.15) is 25.7 Å². The molecule has 15 rings (SSSR count). The summed E-state index contributed by atoms with van der Waals surface area (Å²) in [6.07, 6.45) is 5.61. The van der Waals surface area contributed by atoms with Crippen LogP contribution in [-0.4, -0.2) is 24.9 Å². The lowest BCUT2D eigenvalue weighted by Crippen LogP contribution is -2.13. The number of pyridine rings is 5. The SMILES string of the molecule is Cc1c(C(C)(C)C)ccc2c1sc1ncccc12.Cc1cc2c(cc1C(C)(C)C)sc1ncccc12.Cc1cc2sc3ncccc3c2cc1C(C)(C)C.Cc1ccc2c(n1)oc1c(C(C)(C)C)c(C)ccc12.Cc1ccc2c(n1)oc1cc(C(C)(C)C)c(C)cc12. The highest BCUT2D eigenvalue weighted by molar-refractivity contribution is 7.26. The lowest BCUT2D eigenvalue weighted by Gasteiger charge is -2.21. The van der Waals surface area contributed by atoms with E-state index in [1.165, 1.54) is 102 Å². The van der Waals surface area contributed by atoms with Crippen molar-refractivity contribution < 1.29 is 8.83 Å². The number of hydrogen-bond acceptors (Lipinski definition) is 10. The van der Waals surface area contributed by atoms with Crippen molar-refractivity contribution in [1.29, 1.82) is 0 Å². The highest BCUT2D eigenvalue weighted by Crippen LogP contribution is 2.43. The maximum absolute atomic E-state index is 6.06. The molecule has 0 atom stereocenters. The second-order valence-electron chi connectivity index (χ2n) is 30.2. The molecule has 0 unspecified atom stereocenters. The van der Waals surface area contributed by atoms with Gasteiger partial charge >= 0.3 is 0 Å². The van der Waals surface area contributed by atoms with Crippen LogP contribution in [0.5, 0.6) is 0 Å². The Hall–Kier alpha value is -7.89.